The molecule has 0 amide bonds. The summed E-state index contributed by atoms with van der Waals surface area (Å²) in [6.07, 6.45) is 10.2. The van der Waals surface area contributed by atoms with Crippen LogP contribution in [-0.4, -0.2) is 36.1 Å². The molecule has 80 valence electrons. The summed E-state index contributed by atoms with van der Waals surface area (Å²) in [5.74, 6) is 0. The standard InChI is InChI=1S/C12H22N2/c1-2-4-10(3-1)14-11-5-6-12(14)9-13-8-7-11/h10-13H,1-9H2. The molecule has 2 atom stereocenters. The van der Waals surface area contributed by atoms with Crippen LogP contribution in [0.3, 0.4) is 0 Å². The number of hydrogen-bond donors (Lipinski definition) is 1. The van der Waals surface area contributed by atoms with Crippen LogP contribution in [0.1, 0.15) is 44.9 Å². The van der Waals surface area contributed by atoms with Crippen molar-refractivity contribution in [2.45, 2.75) is 63.1 Å². The van der Waals surface area contributed by atoms with Crippen molar-refractivity contribution < 1.29 is 0 Å². The number of hydrogen-bond acceptors (Lipinski definition) is 2. The van der Waals surface area contributed by atoms with Crippen molar-refractivity contribution in [2.24, 2.45) is 0 Å². The molecule has 2 saturated heterocycles. The van der Waals surface area contributed by atoms with Gasteiger partial charge in [-0.25, -0.2) is 0 Å². The molecule has 14 heavy (non-hydrogen) atoms. The second-order valence-corrected chi connectivity index (χ2v) is 5.26. The van der Waals surface area contributed by atoms with Gasteiger partial charge in [0.05, 0.1) is 0 Å². The van der Waals surface area contributed by atoms with Crippen LogP contribution in [0, 0.1) is 0 Å². The van der Waals surface area contributed by atoms with Crippen LogP contribution >= 0.6 is 0 Å². The highest BCUT2D eigenvalue weighted by atomic mass is 15.3. The molecule has 0 aromatic heterocycles. The maximum absolute atomic E-state index is 3.59. The molecular formula is C12H22N2. The average molecular weight is 194 g/mol. The Morgan fingerprint density at radius 2 is 1.50 bits per heavy atom. The van der Waals surface area contributed by atoms with Gasteiger partial charge in [-0.3, -0.25) is 4.90 Å². The van der Waals surface area contributed by atoms with E-state index in [0.29, 0.717) is 0 Å². The van der Waals surface area contributed by atoms with Crippen LogP contribution in [0.4, 0.5) is 0 Å². The molecule has 2 nitrogen and oxygen atoms in total. The fourth-order valence-corrected chi connectivity index (χ4v) is 3.82. The normalized spacial score (nSPS) is 40.3. The summed E-state index contributed by atoms with van der Waals surface area (Å²) in [7, 11) is 0. The Kier molecular flexibility index (Phi) is 2.50. The molecule has 0 radical (unpaired) electrons. The Morgan fingerprint density at radius 3 is 2.36 bits per heavy atom. The highest BCUT2D eigenvalue weighted by molar-refractivity contribution is 4.96. The molecule has 2 heteroatoms. The van der Waals surface area contributed by atoms with Gasteiger partial charge in [0.1, 0.15) is 0 Å². The van der Waals surface area contributed by atoms with Gasteiger partial charge in [-0.05, 0) is 38.6 Å². The first-order valence-electron chi connectivity index (χ1n) is 6.43. The van der Waals surface area contributed by atoms with Crippen LogP contribution in [0.15, 0.2) is 0 Å². The molecule has 1 saturated carbocycles. The van der Waals surface area contributed by atoms with Crippen LogP contribution in [0.5, 0.6) is 0 Å². The number of fused-ring (bicyclic) bond motifs is 2. The quantitative estimate of drug-likeness (QED) is 0.684. The van der Waals surface area contributed by atoms with Gasteiger partial charge in [0.2, 0.25) is 0 Å². The summed E-state index contributed by atoms with van der Waals surface area (Å²) in [5, 5.41) is 3.59. The molecule has 0 spiro atoms. The van der Waals surface area contributed by atoms with E-state index in [1.165, 1.54) is 58.0 Å². The molecular weight excluding hydrogens is 172 g/mol. The smallest absolute Gasteiger partial charge is 0.0227 e. The van der Waals surface area contributed by atoms with Crippen molar-refractivity contribution in [3.05, 3.63) is 0 Å². The van der Waals surface area contributed by atoms with E-state index < -0.39 is 0 Å². The van der Waals surface area contributed by atoms with Gasteiger partial charge in [0, 0.05) is 24.7 Å². The Hall–Kier alpha value is -0.0800. The fraction of sp³-hybridized carbons (Fsp3) is 1.00. The SMILES string of the molecule is C1CCC(N2C3CCNCC2CC3)C1. The molecule has 2 heterocycles. The van der Waals surface area contributed by atoms with Gasteiger partial charge < -0.3 is 5.32 Å². The number of rotatable bonds is 1. The molecule has 0 aromatic carbocycles. The second kappa shape index (κ2) is 3.82. The van der Waals surface area contributed by atoms with Crippen LogP contribution in [0.25, 0.3) is 0 Å². The van der Waals surface area contributed by atoms with Gasteiger partial charge in [-0.2, -0.15) is 0 Å². The molecule has 1 N–H and O–H groups in total. The summed E-state index contributed by atoms with van der Waals surface area (Å²) in [4.78, 5) is 2.90. The van der Waals surface area contributed by atoms with Crippen molar-refractivity contribution in [2.75, 3.05) is 13.1 Å². The van der Waals surface area contributed by atoms with E-state index in [0.717, 1.165) is 18.1 Å². The lowest BCUT2D eigenvalue weighted by molar-refractivity contribution is 0.138. The van der Waals surface area contributed by atoms with Crippen LogP contribution in [-0.2, 0) is 0 Å². The summed E-state index contributed by atoms with van der Waals surface area (Å²) >= 11 is 0. The molecule has 3 aliphatic rings. The zero-order valence-corrected chi connectivity index (χ0v) is 9.04. The number of nitrogens with one attached hydrogen (secondary N) is 1. The van der Waals surface area contributed by atoms with Crippen molar-refractivity contribution >= 4 is 0 Å². The summed E-state index contributed by atoms with van der Waals surface area (Å²) in [5.41, 5.74) is 0. The van der Waals surface area contributed by atoms with Crippen molar-refractivity contribution in [1.29, 1.82) is 0 Å². The lowest BCUT2D eigenvalue weighted by Crippen LogP contribution is -2.44. The predicted octanol–water partition coefficient (Wildman–Crippen LogP) is 1.76. The third kappa shape index (κ3) is 1.49. The Balaban J connectivity index is 1.75. The third-order valence-electron chi connectivity index (χ3n) is 4.46. The zero-order chi connectivity index (χ0) is 9.38. The zero-order valence-electron chi connectivity index (χ0n) is 9.04. The Labute approximate surface area is 87.0 Å². The summed E-state index contributed by atoms with van der Waals surface area (Å²) < 4.78 is 0. The van der Waals surface area contributed by atoms with E-state index in [9.17, 15) is 0 Å². The first-order valence-corrected chi connectivity index (χ1v) is 6.43. The van der Waals surface area contributed by atoms with Crippen molar-refractivity contribution in [3.8, 4) is 0 Å². The van der Waals surface area contributed by atoms with Gasteiger partial charge in [-0.15, -0.1) is 0 Å². The van der Waals surface area contributed by atoms with Crippen molar-refractivity contribution in [1.82, 2.24) is 10.2 Å². The average Bonchev–Trinajstić information content (AvgIpc) is 2.72. The molecule has 2 aliphatic heterocycles. The maximum Gasteiger partial charge on any atom is 0.0227 e. The van der Waals surface area contributed by atoms with Gasteiger partial charge in [-0.1, -0.05) is 12.8 Å². The lowest BCUT2D eigenvalue weighted by Gasteiger charge is -2.33. The Morgan fingerprint density at radius 1 is 0.786 bits per heavy atom. The van der Waals surface area contributed by atoms with Gasteiger partial charge in [0.25, 0.3) is 0 Å². The highest BCUT2D eigenvalue weighted by Crippen LogP contribution is 2.35. The van der Waals surface area contributed by atoms with E-state index in [1.807, 2.05) is 0 Å². The lowest BCUT2D eigenvalue weighted by atomic mass is 10.1. The molecule has 1 aliphatic carbocycles. The topological polar surface area (TPSA) is 15.3 Å². The molecule has 2 unspecified atom stereocenters. The first-order chi connectivity index (χ1) is 6.95. The fourth-order valence-electron chi connectivity index (χ4n) is 3.82. The minimum Gasteiger partial charge on any atom is -0.315 e. The summed E-state index contributed by atoms with van der Waals surface area (Å²) in [6, 6.07) is 2.76. The van der Waals surface area contributed by atoms with Crippen LogP contribution < -0.4 is 5.32 Å². The predicted molar refractivity (Wildman–Crippen MR) is 58.4 cm³/mol. The van der Waals surface area contributed by atoms with E-state index >= 15 is 0 Å². The number of nitrogens with zero attached hydrogens (tertiary/aromatic N) is 1. The van der Waals surface area contributed by atoms with E-state index in [1.54, 1.807) is 0 Å². The highest BCUT2D eigenvalue weighted by Gasteiger charge is 2.39. The molecule has 3 fully saturated rings. The Bertz CT molecular complexity index is 182. The minimum absolute atomic E-state index is 0.880. The van der Waals surface area contributed by atoms with Gasteiger partial charge >= 0.3 is 0 Å². The largest absolute Gasteiger partial charge is 0.315 e. The minimum atomic E-state index is 0.880. The van der Waals surface area contributed by atoms with Gasteiger partial charge in [0.15, 0.2) is 0 Å². The molecule has 2 bridgehead atoms. The first kappa shape index (κ1) is 9.17. The van der Waals surface area contributed by atoms with Crippen LogP contribution in [0.2, 0.25) is 0 Å². The summed E-state index contributed by atoms with van der Waals surface area (Å²) in [6.45, 7) is 2.51. The van der Waals surface area contributed by atoms with E-state index in [4.69, 9.17) is 0 Å². The van der Waals surface area contributed by atoms with E-state index in [-0.39, 0.29) is 0 Å². The monoisotopic (exact) mass is 194 g/mol. The maximum atomic E-state index is 3.59. The second-order valence-electron chi connectivity index (χ2n) is 5.26. The van der Waals surface area contributed by atoms with E-state index in [2.05, 4.69) is 10.2 Å². The third-order valence-corrected chi connectivity index (χ3v) is 4.46. The van der Waals surface area contributed by atoms with Crippen molar-refractivity contribution in [3.63, 3.8) is 0 Å². The molecule has 0 aromatic rings. The molecule has 3 rings (SSSR count).